The third kappa shape index (κ3) is 2.85. The number of rotatable bonds is 5. The van der Waals surface area contributed by atoms with Crippen LogP contribution < -0.4 is 4.74 Å². The van der Waals surface area contributed by atoms with Crippen molar-refractivity contribution in [3.05, 3.63) is 46.3 Å². The fraction of sp³-hybridized carbons (Fsp3) is 0.444. The molecule has 1 unspecified atom stereocenters. The molecule has 3 rings (SSSR count). The maximum Gasteiger partial charge on any atom is 0.138 e. The molecule has 114 valence electrons. The summed E-state index contributed by atoms with van der Waals surface area (Å²) >= 11 is 0. The third-order valence-electron chi connectivity index (χ3n) is 4.34. The van der Waals surface area contributed by atoms with Crippen LogP contribution in [0.5, 0.6) is 5.75 Å². The first-order chi connectivity index (χ1) is 10.7. The minimum absolute atomic E-state index is 0.235. The second-order valence-electron chi connectivity index (χ2n) is 5.84. The molecule has 1 aliphatic carbocycles. The topological polar surface area (TPSA) is 59.0 Å². The van der Waals surface area contributed by atoms with Crippen molar-refractivity contribution in [3.63, 3.8) is 0 Å². The summed E-state index contributed by atoms with van der Waals surface area (Å²) in [6.07, 6.45) is 4.20. The molecule has 1 aromatic carbocycles. The van der Waals surface area contributed by atoms with Crippen LogP contribution >= 0.6 is 0 Å². The number of nitriles is 1. The molecule has 1 atom stereocenters. The summed E-state index contributed by atoms with van der Waals surface area (Å²) in [6, 6.07) is 8.66. The zero-order valence-electron chi connectivity index (χ0n) is 13.1. The quantitative estimate of drug-likeness (QED) is 0.840. The van der Waals surface area contributed by atoms with Crippen molar-refractivity contribution in [3.8, 4) is 11.8 Å². The van der Waals surface area contributed by atoms with Crippen molar-refractivity contribution in [2.24, 2.45) is 0 Å². The number of nitrogens with zero attached hydrogens (tertiary/aromatic N) is 2. The maximum atomic E-state index is 9.40. The Balaban J connectivity index is 1.61. The van der Waals surface area contributed by atoms with E-state index in [-0.39, 0.29) is 5.92 Å². The lowest BCUT2D eigenvalue weighted by Crippen LogP contribution is -2.06. The summed E-state index contributed by atoms with van der Waals surface area (Å²) in [7, 11) is 0. The predicted octanol–water partition coefficient (Wildman–Crippen LogP) is 3.86. The van der Waals surface area contributed by atoms with E-state index in [1.165, 1.54) is 24.0 Å². The van der Waals surface area contributed by atoms with Gasteiger partial charge in [-0.15, -0.1) is 0 Å². The molecule has 4 nitrogen and oxygen atoms in total. The summed E-state index contributed by atoms with van der Waals surface area (Å²) in [4.78, 5) is 0. The van der Waals surface area contributed by atoms with E-state index in [9.17, 15) is 5.26 Å². The molecule has 0 amide bonds. The van der Waals surface area contributed by atoms with Gasteiger partial charge in [0.05, 0.1) is 24.3 Å². The Hall–Kier alpha value is -2.28. The molecule has 2 aromatic rings. The molecule has 1 aromatic heterocycles. The smallest absolute Gasteiger partial charge is 0.138 e. The average Bonchev–Trinajstić information content (AvgIpc) is 3.11. The first-order valence-corrected chi connectivity index (χ1v) is 7.76. The first kappa shape index (κ1) is 14.6. The van der Waals surface area contributed by atoms with E-state index in [1.54, 1.807) is 0 Å². The van der Waals surface area contributed by atoms with Gasteiger partial charge in [-0.1, -0.05) is 11.2 Å². The molecule has 22 heavy (non-hydrogen) atoms. The van der Waals surface area contributed by atoms with Crippen LogP contribution in [0.25, 0.3) is 0 Å². The molecular formula is C18H20N2O2. The zero-order chi connectivity index (χ0) is 15.5. The second-order valence-corrected chi connectivity index (χ2v) is 5.84. The minimum Gasteiger partial charge on any atom is -0.494 e. The van der Waals surface area contributed by atoms with Gasteiger partial charge in [0.25, 0.3) is 0 Å². The highest BCUT2D eigenvalue weighted by Crippen LogP contribution is 2.28. The maximum absolute atomic E-state index is 9.40. The molecule has 4 heteroatoms. The van der Waals surface area contributed by atoms with Gasteiger partial charge in [0, 0.05) is 12.0 Å². The van der Waals surface area contributed by atoms with E-state index in [0.717, 1.165) is 29.2 Å². The van der Waals surface area contributed by atoms with Crippen molar-refractivity contribution >= 4 is 0 Å². The molecule has 1 heterocycles. The summed E-state index contributed by atoms with van der Waals surface area (Å²) in [6.45, 7) is 4.24. The summed E-state index contributed by atoms with van der Waals surface area (Å²) < 4.78 is 11.0. The number of fused-ring (bicyclic) bond motifs is 1. The van der Waals surface area contributed by atoms with Gasteiger partial charge in [-0.25, -0.2) is 0 Å². The van der Waals surface area contributed by atoms with Gasteiger partial charge >= 0.3 is 0 Å². The van der Waals surface area contributed by atoms with Crippen LogP contribution in [0, 0.1) is 25.2 Å². The lowest BCUT2D eigenvalue weighted by atomic mass is 9.96. The number of aromatic nitrogens is 1. The molecule has 0 bridgehead atoms. The summed E-state index contributed by atoms with van der Waals surface area (Å²) in [5, 5.41) is 13.3. The van der Waals surface area contributed by atoms with Gasteiger partial charge in [0.15, 0.2) is 0 Å². The Labute approximate surface area is 130 Å². The molecular weight excluding hydrogens is 276 g/mol. The van der Waals surface area contributed by atoms with Gasteiger partial charge in [-0.2, -0.15) is 5.26 Å². The molecule has 0 radical (unpaired) electrons. The third-order valence-corrected chi connectivity index (χ3v) is 4.34. The van der Waals surface area contributed by atoms with Gasteiger partial charge in [0.2, 0.25) is 0 Å². The number of ether oxygens (including phenoxy) is 1. The average molecular weight is 296 g/mol. The van der Waals surface area contributed by atoms with E-state index in [1.807, 2.05) is 19.9 Å². The highest BCUT2D eigenvalue weighted by molar-refractivity contribution is 5.38. The number of hydrogen-bond donors (Lipinski definition) is 0. The van der Waals surface area contributed by atoms with Crippen LogP contribution in [0.4, 0.5) is 0 Å². The molecule has 0 spiro atoms. The molecule has 0 fully saturated rings. The van der Waals surface area contributed by atoms with Gasteiger partial charge < -0.3 is 9.26 Å². The Bertz CT molecular complexity index is 693. The van der Waals surface area contributed by atoms with Crippen molar-refractivity contribution in [2.45, 2.75) is 45.4 Å². The van der Waals surface area contributed by atoms with Crippen LogP contribution in [0.15, 0.2) is 22.7 Å². The fourth-order valence-corrected chi connectivity index (χ4v) is 3.19. The van der Waals surface area contributed by atoms with E-state index in [2.05, 4.69) is 23.4 Å². The second kappa shape index (κ2) is 6.23. The zero-order valence-corrected chi connectivity index (χ0v) is 13.1. The molecule has 0 saturated carbocycles. The predicted molar refractivity (Wildman–Crippen MR) is 82.9 cm³/mol. The standard InChI is InChI=1S/C18H20N2O2/c1-12-18(13(2)22-20-12)16(11-19)8-9-21-17-7-6-14-4-3-5-15(14)10-17/h6-7,10,16H,3-5,8-9H2,1-2H3. The number of aryl methyl sites for hydroxylation is 4. The normalized spacial score (nSPS) is 14.4. The molecule has 0 saturated heterocycles. The Kier molecular flexibility index (Phi) is 4.15. The van der Waals surface area contributed by atoms with Crippen molar-refractivity contribution in [1.82, 2.24) is 5.16 Å². The lowest BCUT2D eigenvalue weighted by Gasteiger charge is -2.11. The Morgan fingerprint density at radius 3 is 2.86 bits per heavy atom. The van der Waals surface area contributed by atoms with Crippen molar-refractivity contribution in [2.75, 3.05) is 6.61 Å². The van der Waals surface area contributed by atoms with E-state index < -0.39 is 0 Å². The SMILES string of the molecule is Cc1noc(C)c1C(C#N)CCOc1ccc2c(c1)CCC2. The highest BCUT2D eigenvalue weighted by Gasteiger charge is 2.20. The monoisotopic (exact) mass is 296 g/mol. The van der Waals surface area contributed by atoms with Crippen LogP contribution in [0.1, 0.15) is 46.9 Å². The summed E-state index contributed by atoms with van der Waals surface area (Å²) in [5.74, 6) is 1.39. The van der Waals surface area contributed by atoms with Gasteiger partial charge in [0.1, 0.15) is 11.5 Å². The molecule has 1 aliphatic rings. The summed E-state index contributed by atoms with van der Waals surface area (Å²) in [5.41, 5.74) is 4.54. The van der Waals surface area contributed by atoms with Crippen molar-refractivity contribution < 1.29 is 9.26 Å². The molecule has 0 aliphatic heterocycles. The van der Waals surface area contributed by atoms with E-state index >= 15 is 0 Å². The first-order valence-electron chi connectivity index (χ1n) is 7.76. The Morgan fingerprint density at radius 2 is 2.14 bits per heavy atom. The molecule has 0 N–H and O–H groups in total. The fourth-order valence-electron chi connectivity index (χ4n) is 3.19. The van der Waals surface area contributed by atoms with Crippen LogP contribution in [-0.4, -0.2) is 11.8 Å². The van der Waals surface area contributed by atoms with Crippen molar-refractivity contribution in [1.29, 1.82) is 5.26 Å². The largest absolute Gasteiger partial charge is 0.494 e. The van der Waals surface area contributed by atoms with E-state index in [4.69, 9.17) is 9.26 Å². The van der Waals surface area contributed by atoms with Gasteiger partial charge in [-0.3, -0.25) is 0 Å². The number of hydrogen-bond acceptors (Lipinski definition) is 4. The number of benzene rings is 1. The van der Waals surface area contributed by atoms with Crippen LogP contribution in [0.2, 0.25) is 0 Å². The lowest BCUT2D eigenvalue weighted by molar-refractivity contribution is 0.305. The van der Waals surface area contributed by atoms with Crippen LogP contribution in [-0.2, 0) is 12.8 Å². The Morgan fingerprint density at radius 1 is 1.32 bits per heavy atom. The highest BCUT2D eigenvalue weighted by atomic mass is 16.5. The minimum atomic E-state index is -0.235. The van der Waals surface area contributed by atoms with E-state index in [0.29, 0.717) is 13.0 Å². The van der Waals surface area contributed by atoms with Crippen LogP contribution in [0.3, 0.4) is 0 Å². The van der Waals surface area contributed by atoms with Gasteiger partial charge in [-0.05, 0) is 56.4 Å².